The minimum atomic E-state index is 0.118. The zero-order chi connectivity index (χ0) is 14.1. The lowest BCUT2D eigenvalue weighted by atomic mass is 10.2. The molecule has 106 valence electrons. The van der Waals surface area contributed by atoms with Crippen LogP contribution < -0.4 is 10.1 Å². The Hall–Kier alpha value is -1.23. The molecule has 0 aliphatic carbocycles. The number of methoxy groups -OCH3 is 1. The smallest absolute Gasteiger partial charge is 0.162 e. The quantitative estimate of drug-likeness (QED) is 0.541. The number of phenols is 1. The Balaban J connectivity index is 2.36. The average molecular weight is 286 g/mol. The van der Waals surface area contributed by atoms with Gasteiger partial charge in [-0.25, -0.2) is 0 Å². The molecule has 1 aromatic rings. The number of phenolic OH excluding ortho intramolecular Hbond substituents is 1. The van der Waals surface area contributed by atoms with Crippen LogP contribution in [-0.4, -0.2) is 32.0 Å². The summed E-state index contributed by atoms with van der Waals surface area (Å²) in [5, 5.41) is 13.6. The largest absolute Gasteiger partial charge is 0.504 e. The molecule has 4 nitrogen and oxygen atoms in total. The Bertz CT molecular complexity index is 410. The molecule has 0 saturated carbocycles. The van der Waals surface area contributed by atoms with Crippen molar-refractivity contribution >= 4 is 11.6 Å². The van der Waals surface area contributed by atoms with Gasteiger partial charge in [0.1, 0.15) is 0 Å². The van der Waals surface area contributed by atoms with Crippen molar-refractivity contribution in [2.45, 2.75) is 13.0 Å². The predicted octanol–water partition coefficient (Wildman–Crippen LogP) is 2.74. The Morgan fingerprint density at radius 3 is 2.89 bits per heavy atom. The van der Waals surface area contributed by atoms with E-state index in [9.17, 15) is 5.11 Å². The van der Waals surface area contributed by atoms with Crippen LogP contribution in [0.4, 0.5) is 0 Å². The standard InChI is InChI=1S/C14H20ClNO3/c1-3-4-6-19-7-5-16-10-11-8-12(15)9-13(18-2)14(11)17/h3,8-9,16-17H,1,4-7,10H2,2H3. The van der Waals surface area contributed by atoms with E-state index in [4.69, 9.17) is 21.1 Å². The molecule has 0 radical (unpaired) electrons. The van der Waals surface area contributed by atoms with Gasteiger partial charge in [-0.05, 0) is 12.5 Å². The SMILES string of the molecule is C=CCCOCCNCc1cc(Cl)cc(OC)c1O. The molecule has 5 heteroatoms. The maximum atomic E-state index is 9.92. The van der Waals surface area contributed by atoms with E-state index in [1.54, 1.807) is 12.1 Å². The van der Waals surface area contributed by atoms with Gasteiger partial charge in [0, 0.05) is 29.7 Å². The van der Waals surface area contributed by atoms with Gasteiger partial charge >= 0.3 is 0 Å². The van der Waals surface area contributed by atoms with E-state index in [0.717, 1.165) is 6.42 Å². The molecule has 0 spiro atoms. The number of rotatable bonds is 9. The molecule has 0 bridgehead atoms. The zero-order valence-corrected chi connectivity index (χ0v) is 11.9. The highest BCUT2D eigenvalue weighted by molar-refractivity contribution is 6.30. The first-order valence-corrected chi connectivity index (χ1v) is 6.51. The van der Waals surface area contributed by atoms with Gasteiger partial charge in [-0.3, -0.25) is 0 Å². The molecule has 2 N–H and O–H groups in total. The third-order valence-corrected chi connectivity index (χ3v) is 2.76. The molecule has 1 aromatic carbocycles. The molecule has 0 saturated heterocycles. The number of hydrogen-bond donors (Lipinski definition) is 2. The monoisotopic (exact) mass is 285 g/mol. The number of benzene rings is 1. The van der Waals surface area contributed by atoms with Gasteiger partial charge in [0.2, 0.25) is 0 Å². The maximum absolute atomic E-state index is 9.92. The van der Waals surface area contributed by atoms with Crippen LogP contribution in [-0.2, 0) is 11.3 Å². The summed E-state index contributed by atoms with van der Waals surface area (Å²) in [6.07, 6.45) is 2.68. The highest BCUT2D eigenvalue weighted by Crippen LogP contribution is 2.33. The molecule has 0 heterocycles. The summed E-state index contributed by atoms with van der Waals surface area (Å²) < 4.78 is 10.4. The first-order valence-electron chi connectivity index (χ1n) is 6.13. The Labute approximate surface area is 119 Å². The third kappa shape index (κ3) is 5.51. The number of nitrogens with one attached hydrogen (secondary N) is 1. The molecule has 1 rings (SSSR count). The Kier molecular flexibility index (Phi) is 7.33. The minimum absolute atomic E-state index is 0.118. The average Bonchev–Trinajstić information content (AvgIpc) is 2.41. The van der Waals surface area contributed by atoms with Crippen LogP contribution in [0.2, 0.25) is 5.02 Å². The van der Waals surface area contributed by atoms with Gasteiger partial charge in [0.25, 0.3) is 0 Å². The molecule has 0 unspecified atom stereocenters. The predicted molar refractivity (Wildman–Crippen MR) is 77.0 cm³/mol. The highest BCUT2D eigenvalue weighted by Gasteiger charge is 2.09. The van der Waals surface area contributed by atoms with Crippen molar-refractivity contribution in [3.63, 3.8) is 0 Å². The first-order chi connectivity index (χ1) is 9.19. The molecular formula is C14H20ClNO3. The van der Waals surface area contributed by atoms with Crippen molar-refractivity contribution in [2.75, 3.05) is 26.9 Å². The number of ether oxygens (including phenoxy) is 2. The molecule has 0 atom stereocenters. The maximum Gasteiger partial charge on any atom is 0.162 e. The van der Waals surface area contributed by atoms with Gasteiger partial charge in [-0.2, -0.15) is 0 Å². The van der Waals surface area contributed by atoms with E-state index in [1.807, 2.05) is 6.08 Å². The number of aromatic hydroxyl groups is 1. The lowest BCUT2D eigenvalue weighted by molar-refractivity contribution is 0.140. The first kappa shape index (κ1) is 15.8. The summed E-state index contributed by atoms with van der Waals surface area (Å²) in [4.78, 5) is 0. The Morgan fingerprint density at radius 2 is 2.21 bits per heavy atom. The molecule has 19 heavy (non-hydrogen) atoms. The van der Waals surface area contributed by atoms with Crippen LogP contribution in [0.1, 0.15) is 12.0 Å². The van der Waals surface area contributed by atoms with Crippen LogP contribution >= 0.6 is 11.6 Å². The van der Waals surface area contributed by atoms with Crippen LogP contribution in [0, 0.1) is 0 Å². The lowest BCUT2D eigenvalue weighted by Crippen LogP contribution is -2.19. The molecule has 0 aromatic heterocycles. The van der Waals surface area contributed by atoms with Gasteiger partial charge in [0.05, 0.1) is 20.3 Å². The van der Waals surface area contributed by atoms with Crippen molar-refractivity contribution < 1.29 is 14.6 Å². The van der Waals surface area contributed by atoms with Crippen molar-refractivity contribution in [1.82, 2.24) is 5.32 Å². The fourth-order valence-corrected chi connectivity index (χ4v) is 1.79. The lowest BCUT2D eigenvalue weighted by Gasteiger charge is -2.11. The van der Waals surface area contributed by atoms with E-state index >= 15 is 0 Å². The Morgan fingerprint density at radius 1 is 1.42 bits per heavy atom. The second-order valence-electron chi connectivity index (χ2n) is 3.98. The van der Waals surface area contributed by atoms with E-state index in [2.05, 4.69) is 11.9 Å². The molecule has 0 amide bonds. The van der Waals surface area contributed by atoms with Crippen LogP contribution in [0.25, 0.3) is 0 Å². The van der Waals surface area contributed by atoms with Gasteiger partial charge in [0.15, 0.2) is 11.5 Å². The summed E-state index contributed by atoms with van der Waals surface area (Å²) in [7, 11) is 1.50. The summed E-state index contributed by atoms with van der Waals surface area (Å²) in [6, 6.07) is 3.30. The van der Waals surface area contributed by atoms with E-state index in [0.29, 0.717) is 42.6 Å². The van der Waals surface area contributed by atoms with Gasteiger partial charge in [-0.1, -0.05) is 17.7 Å². The van der Waals surface area contributed by atoms with E-state index in [-0.39, 0.29) is 5.75 Å². The van der Waals surface area contributed by atoms with Crippen molar-refractivity contribution in [1.29, 1.82) is 0 Å². The summed E-state index contributed by atoms with van der Waals surface area (Å²) >= 11 is 5.95. The summed E-state index contributed by atoms with van der Waals surface area (Å²) in [5.41, 5.74) is 0.704. The van der Waals surface area contributed by atoms with Crippen molar-refractivity contribution in [2.24, 2.45) is 0 Å². The summed E-state index contributed by atoms with van der Waals surface area (Å²) in [6.45, 7) is 6.13. The van der Waals surface area contributed by atoms with Gasteiger partial charge in [-0.15, -0.1) is 6.58 Å². The molecular weight excluding hydrogens is 266 g/mol. The molecule has 0 aliphatic rings. The van der Waals surface area contributed by atoms with Crippen LogP contribution in [0.15, 0.2) is 24.8 Å². The number of halogens is 1. The topological polar surface area (TPSA) is 50.7 Å². The third-order valence-electron chi connectivity index (χ3n) is 2.54. The van der Waals surface area contributed by atoms with Gasteiger partial charge < -0.3 is 19.9 Å². The van der Waals surface area contributed by atoms with Crippen molar-refractivity contribution in [3.05, 3.63) is 35.4 Å². The fraction of sp³-hybridized carbons (Fsp3) is 0.429. The number of hydrogen-bond acceptors (Lipinski definition) is 4. The van der Waals surface area contributed by atoms with Crippen LogP contribution in [0.3, 0.4) is 0 Å². The van der Waals surface area contributed by atoms with E-state index < -0.39 is 0 Å². The second-order valence-corrected chi connectivity index (χ2v) is 4.42. The fourth-order valence-electron chi connectivity index (χ4n) is 1.55. The normalized spacial score (nSPS) is 10.4. The van der Waals surface area contributed by atoms with Crippen LogP contribution in [0.5, 0.6) is 11.5 Å². The van der Waals surface area contributed by atoms with Crippen molar-refractivity contribution in [3.8, 4) is 11.5 Å². The minimum Gasteiger partial charge on any atom is -0.504 e. The molecule has 0 fully saturated rings. The van der Waals surface area contributed by atoms with E-state index in [1.165, 1.54) is 7.11 Å². The second kappa shape index (κ2) is 8.80. The summed E-state index contributed by atoms with van der Waals surface area (Å²) in [5.74, 6) is 0.499. The molecule has 0 aliphatic heterocycles. The highest BCUT2D eigenvalue weighted by atomic mass is 35.5. The zero-order valence-electron chi connectivity index (χ0n) is 11.1.